The zero-order valence-electron chi connectivity index (χ0n) is 11.3. The molecule has 1 heterocycles. The lowest BCUT2D eigenvalue weighted by atomic mass is 9.99. The van der Waals surface area contributed by atoms with Crippen molar-refractivity contribution in [3.63, 3.8) is 0 Å². The minimum absolute atomic E-state index is 0.133. The fraction of sp³-hybridized carbons (Fsp3) is 0.467. The van der Waals surface area contributed by atoms with Crippen molar-refractivity contribution in [2.75, 3.05) is 13.1 Å². The van der Waals surface area contributed by atoms with Crippen LogP contribution in [0.5, 0.6) is 0 Å². The minimum atomic E-state index is 0.133. The Labute approximate surface area is 119 Å². The summed E-state index contributed by atoms with van der Waals surface area (Å²) < 4.78 is 0. The first-order chi connectivity index (χ1) is 9.06. The van der Waals surface area contributed by atoms with E-state index in [2.05, 4.69) is 6.92 Å². The van der Waals surface area contributed by atoms with Crippen LogP contribution in [0, 0.1) is 5.92 Å². The number of rotatable bonds is 3. The number of nitrogens with two attached hydrogens (primary N) is 1. The number of amides is 1. The maximum atomic E-state index is 12.4. The van der Waals surface area contributed by atoms with E-state index < -0.39 is 0 Å². The SMILES string of the molecule is CC1CCCN(C(=O)c2ccc(CC(N)=S)cc2)C1. The number of benzene rings is 1. The summed E-state index contributed by atoms with van der Waals surface area (Å²) in [6, 6.07) is 7.60. The lowest BCUT2D eigenvalue weighted by Crippen LogP contribution is -2.39. The van der Waals surface area contributed by atoms with Crippen LogP contribution >= 0.6 is 12.2 Å². The Bertz CT molecular complexity index is 470. The van der Waals surface area contributed by atoms with Gasteiger partial charge in [0.1, 0.15) is 0 Å². The highest BCUT2D eigenvalue weighted by atomic mass is 32.1. The maximum absolute atomic E-state index is 12.4. The number of carbonyl (C=O) groups is 1. The van der Waals surface area contributed by atoms with Crippen molar-refractivity contribution in [3.8, 4) is 0 Å². The van der Waals surface area contributed by atoms with Crippen LogP contribution in [0.1, 0.15) is 35.7 Å². The molecule has 1 aliphatic rings. The summed E-state index contributed by atoms with van der Waals surface area (Å²) in [6.07, 6.45) is 2.91. The summed E-state index contributed by atoms with van der Waals surface area (Å²) in [4.78, 5) is 14.8. The van der Waals surface area contributed by atoms with Crippen molar-refractivity contribution >= 4 is 23.1 Å². The van der Waals surface area contributed by atoms with E-state index in [1.807, 2.05) is 29.2 Å². The molecule has 1 fully saturated rings. The fourth-order valence-electron chi connectivity index (χ4n) is 2.52. The molecular weight excluding hydrogens is 256 g/mol. The lowest BCUT2D eigenvalue weighted by Gasteiger charge is -2.31. The molecule has 0 aromatic heterocycles. The molecule has 1 atom stereocenters. The number of nitrogens with zero attached hydrogens (tertiary/aromatic N) is 1. The van der Waals surface area contributed by atoms with E-state index in [-0.39, 0.29) is 5.91 Å². The van der Waals surface area contributed by atoms with E-state index in [4.69, 9.17) is 18.0 Å². The van der Waals surface area contributed by atoms with Crippen LogP contribution < -0.4 is 5.73 Å². The highest BCUT2D eigenvalue weighted by Gasteiger charge is 2.21. The van der Waals surface area contributed by atoms with Gasteiger partial charge in [0, 0.05) is 25.1 Å². The highest BCUT2D eigenvalue weighted by Crippen LogP contribution is 2.18. The summed E-state index contributed by atoms with van der Waals surface area (Å²) in [7, 11) is 0. The van der Waals surface area contributed by atoms with E-state index in [9.17, 15) is 4.79 Å². The average molecular weight is 276 g/mol. The summed E-state index contributed by atoms with van der Waals surface area (Å²) >= 11 is 4.88. The third-order valence-corrected chi connectivity index (χ3v) is 3.67. The first-order valence-electron chi connectivity index (χ1n) is 6.73. The Morgan fingerprint density at radius 1 is 1.42 bits per heavy atom. The van der Waals surface area contributed by atoms with Gasteiger partial charge in [-0.15, -0.1) is 0 Å². The van der Waals surface area contributed by atoms with Crippen molar-refractivity contribution < 1.29 is 4.79 Å². The Morgan fingerprint density at radius 3 is 2.68 bits per heavy atom. The van der Waals surface area contributed by atoms with E-state index in [1.165, 1.54) is 6.42 Å². The molecule has 3 nitrogen and oxygen atoms in total. The molecule has 1 aromatic carbocycles. The minimum Gasteiger partial charge on any atom is -0.393 e. The summed E-state index contributed by atoms with van der Waals surface area (Å²) in [6.45, 7) is 3.94. The van der Waals surface area contributed by atoms with Crippen LogP contribution in [0.15, 0.2) is 24.3 Å². The van der Waals surface area contributed by atoms with Gasteiger partial charge in [0.2, 0.25) is 0 Å². The normalized spacial score (nSPS) is 19.2. The standard InChI is InChI=1S/C15H20N2OS/c1-11-3-2-8-17(10-11)15(18)13-6-4-12(5-7-13)9-14(16)19/h4-7,11H,2-3,8-10H2,1H3,(H2,16,19). The second-order valence-corrected chi connectivity index (χ2v) is 5.86. The predicted octanol–water partition coefficient (Wildman–Crippen LogP) is 2.39. The number of piperidine rings is 1. The van der Waals surface area contributed by atoms with E-state index in [1.54, 1.807) is 0 Å². The molecule has 2 N–H and O–H groups in total. The first kappa shape index (κ1) is 14.0. The molecule has 1 amide bonds. The number of carbonyl (C=O) groups excluding carboxylic acids is 1. The van der Waals surface area contributed by atoms with Crippen molar-refractivity contribution in [2.24, 2.45) is 11.7 Å². The molecule has 0 bridgehead atoms. The Kier molecular flexibility index (Phi) is 4.53. The molecule has 2 rings (SSSR count). The molecule has 0 spiro atoms. The zero-order chi connectivity index (χ0) is 13.8. The number of hydrogen-bond acceptors (Lipinski definition) is 2. The molecule has 0 aliphatic carbocycles. The van der Waals surface area contributed by atoms with Gasteiger partial charge in [-0.3, -0.25) is 4.79 Å². The van der Waals surface area contributed by atoms with Crippen molar-refractivity contribution in [3.05, 3.63) is 35.4 Å². The number of hydrogen-bond donors (Lipinski definition) is 1. The van der Waals surface area contributed by atoms with Gasteiger partial charge in [-0.05, 0) is 36.5 Å². The molecule has 102 valence electrons. The molecule has 1 aliphatic heterocycles. The van der Waals surface area contributed by atoms with Gasteiger partial charge in [0.25, 0.3) is 5.91 Å². The second kappa shape index (κ2) is 6.15. The molecule has 1 saturated heterocycles. The van der Waals surface area contributed by atoms with Crippen LogP contribution in [-0.2, 0) is 6.42 Å². The molecular formula is C15H20N2OS. The Morgan fingerprint density at radius 2 is 2.11 bits per heavy atom. The van der Waals surface area contributed by atoms with Gasteiger partial charge < -0.3 is 10.6 Å². The van der Waals surface area contributed by atoms with Crippen molar-refractivity contribution in [1.82, 2.24) is 4.90 Å². The average Bonchev–Trinajstić information content (AvgIpc) is 2.38. The maximum Gasteiger partial charge on any atom is 0.253 e. The second-order valence-electron chi connectivity index (χ2n) is 5.34. The first-order valence-corrected chi connectivity index (χ1v) is 7.13. The van der Waals surface area contributed by atoms with Gasteiger partial charge >= 0.3 is 0 Å². The summed E-state index contributed by atoms with van der Waals surface area (Å²) in [5.74, 6) is 0.736. The third kappa shape index (κ3) is 3.77. The topological polar surface area (TPSA) is 46.3 Å². The third-order valence-electron chi connectivity index (χ3n) is 3.52. The zero-order valence-corrected chi connectivity index (χ0v) is 12.1. The van der Waals surface area contributed by atoms with Gasteiger partial charge in [0.15, 0.2) is 0 Å². The van der Waals surface area contributed by atoms with E-state index in [0.717, 1.165) is 30.6 Å². The van der Waals surface area contributed by atoms with E-state index >= 15 is 0 Å². The van der Waals surface area contributed by atoms with Crippen LogP contribution in [0.3, 0.4) is 0 Å². The Hall–Kier alpha value is -1.42. The molecule has 0 saturated carbocycles. The lowest BCUT2D eigenvalue weighted by molar-refractivity contribution is 0.0683. The van der Waals surface area contributed by atoms with Gasteiger partial charge in [-0.25, -0.2) is 0 Å². The predicted molar refractivity (Wildman–Crippen MR) is 81.2 cm³/mol. The fourth-order valence-corrected chi connectivity index (χ4v) is 2.69. The smallest absolute Gasteiger partial charge is 0.253 e. The molecule has 19 heavy (non-hydrogen) atoms. The van der Waals surface area contributed by atoms with E-state index in [0.29, 0.717) is 17.3 Å². The number of likely N-dealkylation sites (tertiary alicyclic amines) is 1. The van der Waals surface area contributed by atoms with Crippen molar-refractivity contribution in [2.45, 2.75) is 26.2 Å². The van der Waals surface area contributed by atoms with Crippen molar-refractivity contribution in [1.29, 1.82) is 0 Å². The highest BCUT2D eigenvalue weighted by molar-refractivity contribution is 7.80. The quantitative estimate of drug-likeness (QED) is 0.862. The van der Waals surface area contributed by atoms with Crippen LogP contribution in [0.4, 0.5) is 0 Å². The van der Waals surface area contributed by atoms with Gasteiger partial charge in [-0.2, -0.15) is 0 Å². The monoisotopic (exact) mass is 276 g/mol. The summed E-state index contributed by atoms with van der Waals surface area (Å²) in [5, 5.41) is 0. The van der Waals surface area contributed by atoms with Crippen LogP contribution in [-0.4, -0.2) is 28.9 Å². The largest absolute Gasteiger partial charge is 0.393 e. The number of thiocarbonyl (C=S) groups is 1. The van der Waals surface area contributed by atoms with Crippen LogP contribution in [0.2, 0.25) is 0 Å². The molecule has 4 heteroatoms. The molecule has 1 aromatic rings. The van der Waals surface area contributed by atoms with Gasteiger partial charge in [0.05, 0.1) is 4.99 Å². The summed E-state index contributed by atoms with van der Waals surface area (Å²) in [5.41, 5.74) is 7.31. The molecule has 1 unspecified atom stereocenters. The van der Waals surface area contributed by atoms with Gasteiger partial charge in [-0.1, -0.05) is 31.3 Å². The van der Waals surface area contributed by atoms with Crippen LogP contribution in [0.25, 0.3) is 0 Å². The molecule has 0 radical (unpaired) electrons. The Balaban J connectivity index is 2.04.